The van der Waals surface area contributed by atoms with Gasteiger partial charge in [-0.15, -0.1) is 0 Å². The largest absolute Gasteiger partial charge is 0.483 e. The molecule has 0 amide bonds. The van der Waals surface area contributed by atoms with Crippen molar-refractivity contribution < 1.29 is 27.2 Å². The van der Waals surface area contributed by atoms with Crippen molar-refractivity contribution in [3.8, 4) is 0 Å². The van der Waals surface area contributed by atoms with Crippen LogP contribution in [0.5, 0.6) is 0 Å². The summed E-state index contributed by atoms with van der Waals surface area (Å²) in [6, 6.07) is 0. The van der Waals surface area contributed by atoms with E-state index >= 15 is 0 Å². The molecule has 1 fully saturated rings. The zero-order chi connectivity index (χ0) is 12.2. The van der Waals surface area contributed by atoms with Crippen molar-refractivity contribution in [2.24, 2.45) is 0 Å². The summed E-state index contributed by atoms with van der Waals surface area (Å²) in [7, 11) is -3.46. The lowest BCUT2D eigenvalue weighted by Crippen LogP contribution is -2.29. The Balaban J connectivity index is 2.40. The zero-order valence-electron chi connectivity index (χ0n) is 8.88. The van der Waals surface area contributed by atoms with Crippen LogP contribution >= 0.6 is 0 Å². The Morgan fingerprint density at radius 3 is 2.88 bits per heavy atom. The number of aliphatic hydroxyl groups is 1. The molecular formula is C9H14O6S. The normalized spacial score (nSPS) is 26.0. The molecule has 7 heteroatoms. The van der Waals surface area contributed by atoms with E-state index in [1.165, 1.54) is 0 Å². The maximum absolute atomic E-state index is 10.7. The Hall–Kier alpha value is -0.880. The van der Waals surface area contributed by atoms with Crippen molar-refractivity contribution in [1.29, 1.82) is 0 Å². The molecule has 6 nitrogen and oxygen atoms in total. The summed E-state index contributed by atoms with van der Waals surface area (Å²) in [5.41, 5.74) is 0. The fourth-order valence-corrected chi connectivity index (χ4v) is 1.87. The Morgan fingerprint density at radius 2 is 2.31 bits per heavy atom. The molecule has 0 aromatic carbocycles. The van der Waals surface area contributed by atoms with Crippen LogP contribution in [0.15, 0.2) is 5.76 Å². The molecular weight excluding hydrogens is 236 g/mol. The summed E-state index contributed by atoms with van der Waals surface area (Å²) in [5, 5.41) is 9.40. The van der Waals surface area contributed by atoms with E-state index in [0.29, 0.717) is 12.8 Å². The lowest BCUT2D eigenvalue weighted by Gasteiger charge is -2.27. The molecule has 1 saturated heterocycles. The van der Waals surface area contributed by atoms with Gasteiger partial charge in [0.05, 0.1) is 19.0 Å². The van der Waals surface area contributed by atoms with Crippen LogP contribution in [0.2, 0.25) is 0 Å². The number of carbonyl (C=O) groups excluding carboxylic acids is 1. The topological polar surface area (TPSA) is 89.9 Å². The van der Waals surface area contributed by atoms with Gasteiger partial charge in [0.25, 0.3) is 10.1 Å². The van der Waals surface area contributed by atoms with Crippen LogP contribution in [-0.2, 0) is 23.8 Å². The highest BCUT2D eigenvalue weighted by Crippen LogP contribution is 2.22. The van der Waals surface area contributed by atoms with E-state index in [2.05, 4.69) is 4.18 Å². The van der Waals surface area contributed by atoms with Gasteiger partial charge in [-0.05, 0) is 0 Å². The fourth-order valence-electron chi connectivity index (χ4n) is 1.47. The summed E-state index contributed by atoms with van der Waals surface area (Å²) in [6.07, 6.45) is 0.733. The van der Waals surface area contributed by atoms with Crippen LogP contribution in [0.25, 0.3) is 0 Å². The molecule has 0 spiro atoms. The van der Waals surface area contributed by atoms with Crippen molar-refractivity contribution in [3.63, 3.8) is 0 Å². The predicted octanol–water partition coefficient (Wildman–Crippen LogP) is -0.392. The number of rotatable bonds is 4. The average molecular weight is 250 g/mol. The van der Waals surface area contributed by atoms with Gasteiger partial charge in [-0.25, -0.2) is 4.79 Å². The molecule has 16 heavy (non-hydrogen) atoms. The predicted molar refractivity (Wildman–Crippen MR) is 54.7 cm³/mol. The minimum absolute atomic E-state index is 0.0254. The third kappa shape index (κ3) is 4.76. The second-order valence-electron chi connectivity index (χ2n) is 3.67. The highest BCUT2D eigenvalue weighted by Gasteiger charge is 2.25. The lowest BCUT2D eigenvalue weighted by molar-refractivity contribution is -0.00510. The maximum atomic E-state index is 10.7. The Kier molecular flexibility index (Phi) is 4.49. The van der Waals surface area contributed by atoms with E-state index in [1.807, 2.05) is 0 Å². The SMILES string of the molecule is CS(=O)(=O)OCC[C@@H]1C[C@@H](O)CC(=C=O)O1. The maximum Gasteiger partial charge on any atom is 0.264 e. The van der Waals surface area contributed by atoms with Gasteiger partial charge in [-0.3, -0.25) is 4.18 Å². The van der Waals surface area contributed by atoms with Gasteiger partial charge in [0.1, 0.15) is 6.10 Å². The summed E-state index contributed by atoms with van der Waals surface area (Å²) in [4.78, 5) is 10.4. The molecule has 1 aliphatic rings. The molecule has 0 aromatic heterocycles. The third-order valence-corrected chi connectivity index (χ3v) is 2.71. The van der Waals surface area contributed by atoms with Gasteiger partial charge in [0.15, 0.2) is 11.7 Å². The zero-order valence-corrected chi connectivity index (χ0v) is 9.70. The van der Waals surface area contributed by atoms with E-state index in [1.54, 1.807) is 5.94 Å². The molecule has 0 bridgehead atoms. The molecule has 0 unspecified atom stereocenters. The van der Waals surface area contributed by atoms with E-state index < -0.39 is 22.3 Å². The van der Waals surface area contributed by atoms with Crippen LogP contribution < -0.4 is 0 Å². The van der Waals surface area contributed by atoms with Crippen LogP contribution in [-0.4, -0.2) is 44.5 Å². The molecule has 2 atom stereocenters. The first-order valence-corrected chi connectivity index (χ1v) is 6.65. The van der Waals surface area contributed by atoms with Crippen molar-refractivity contribution in [2.45, 2.75) is 31.5 Å². The molecule has 0 aromatic rings. The summed E-state index contributed by atoms with van der Waals surface area (Å²) in [6.45, 7) is -0.0254. The number of ether oxygens (including phenoxy) is 1. The van der Waals surface area contributed by atoms with Crippen molar-refractivity contribution in [3.05, 3.63) is 5.76 Å². The minimum atomic E-state index is -3.46. The van der Waals surface area contributed by atoms with Crippen LogP contribution in [0, 0.1) is 0 Å². The quantitative estimate of drug-likeness (QED) is 0.540. The number of hydrogen-bond acceptors (Lipinski definition) is 6. The molecule has 0 aliphatic carbocycles. The van der Waals surface area contributed by atoms with Crippen LogP contribution in [0.4, 0.5) is 0 Å². The van der Waals surface area contributed by atoms with Crippen molar-refractivity contribution in [2.75, 3.05) is 12.9 Å². The summed E-state index contributed by atoms with van der Waals surface area (Å²) >= 11 is 0. The van der Waals surface area contributed by atoms with Gasteiger partial charge < -0.3 is 9.84 Å². The molecule has 92 valence electrons. The highest BCUT2D eigenvalue weighted by molar-refractivity contribution is 7.85. The second kappa shape index (κ2) is 5.45. The standard InChI is InChI=1S/C9H14O6S/c1-16(12,13)14-3-2-8-4-7(11)5-9(6-10)15-8/h7-8,11H,2-5H2,1H3/t7-,8-/m1/s1. The fraction of sp³-hybridized carbons (Fsp3) is 0.778. The van der Waals surface area contributed by atoms with Gasteiger partial charge in [0, 0.05) is 19.3 Å². The first-order chi connectivity index (χ1) is 7.40. The second-order valence-corrected chi connectivity index (χ2v) is 5.32. The molecule has 0 saturated carbocycles. The van der Waals surface area contributed by atoms with E-state index in [9.17, 15) is 18.3 Å². The Labute approximate surface area is 94.0 Å². The first kappa shape index (κ1) is 13.2. The van der Waals surface area contributed by atoms with Crippen LogP contribution in [0.3, 0.4) is 0 Å². The molecule has 0 radical (unpaired) electrons. The van der Waals surface area contributed by atoms with Crippen molar-refractivity contribution in [1.82, 2.24) is 0 Å². The molecule has 1 heterocycles. The van der Waals surface area contributed by atoms with E-state index in [-0.39, 0.29) is 18.8 Å². The van der Waals surface area contributed by atoms with Gasteiger partial charge in [-0.2, -0.15) is 8.42 Å². The molecule has 1 aliphatic heterocycles. The lowest BCUT2D eigenvalue weighted by atomic mass is 10.0. The minimum Gasteiger partial charge on any atom is -0.483 e. The van der Waals surface area contributed by atoms with E-state index in [0.717, 1.165) is 6.26 Å². The molecule has 1 N–H and O–H groups in total. The summed E-state index contributed by atoms with van der Waals surface area (Å²) < 4.78 is 31.1. The average Bonchev–Trinajstić information content (AvgIpc) is 2.14. The summed E-state index contributed by atoms with van der Waals surface area (Å²) in [5.74, 6) is 1.67. The smallest absolute Gasteiger partial charge is 0.264 e. The van der Waals surface area contributed by atoms with E-state index in [4.69, 9.17) is 4.74 Å². The number of aliphatic hydroxyl groups excluding tert-OH is 1. The molecule has 1 rings (SSSR count). The monoisotopic (exact) mass is 250 g/mol. The van der Waals surface area contributed by atoms with Gasteiger partial charge in [-0.1, -0.05) is 0 Å². The third-order valence-electron chi connectivity index (χ3n) is 2.12. The first-order valence-electron chi connectivity index (χ1n) is 4.84. The van der Waals surface area contributed by atoms with Gasteiger partial charge >= 0.3 is 0 Å². The Bertz CT molecular complexity index is 381. The highest BCUT2D eigenvalue weighted by atomic mass is 32.2. The van der Waals surface area contributed by atoms with Gasteiger partial charge in [0.2, 0.25) is 0 Å². The number of hydrogen-bond donors (Lipinski definition) is 1. The van der Waals surface area contributed by atoms with Crippen LogP contribution in [0.1, 0.15) is 19.3 Å². The Morgan fingerprint density at radius 1 is 1.62 bits per heavy atom. The van der Waals surface area contributed by atoms with Crippen molar-refractivity contribution >= 4 is 16.1 Å².